The van der Waals surface area contributed by atoms with Crippen molar-refractivity contribution in [3.05, 3.63) is 69.6 Å². The van der Waals surface area contributed by atoms with Crippen molar-refractivity contribution in [1.82, 2.24) is 4.57 Å². The van der Waals surface area contributed by atoms with Gasteiger partial charge < -0.3 is 4.57 Å². The van der Waals surface area contributed by atoms with Gasteiger partial charge >= 0.3 is 0 Å². The normalized spacial score (nSPS) is 11.6. The van der Waals surface area contributed by atoms with E-state index in [1.54, 1.807) is 16.8 Å². The maximum absolute atomic E-state index is 11.9. The van der Waals surface area contributed by atoms with E-state index >= 15 is 0 Å². The first-order valence-corrected chi connectivity index (χ1v) is 7.76. The Morgan fingerprint density at radius 3 is 2.30 bits per heavy atom. The maximum atomic E-state index is 11.9. The van der Waals surface area contributed by atoms with Crippen LogP contribution in [0.2, 0.25) is 0 Å². The third kappa shape index (κ3) is 4.69. The van der Waals surface area contributed by atoms with E-state index in [4.69, 9.17) is 5.26 Å². The number of hydrogen-bond donors (Lipinski definition) is 0. The highest BCUT2D eigenvalue weighted by atomic mass is 16.1. The molecule has 118 valence electrons. The van der Waals surface area contributed by atoms with Gasteiger partial charge in [0.25, 0.3) is 5.56 Å². The largest absolute Gasteiger partial charge is 0.314 e. The van der Waals surface area contributed by atoms with Crippen LogP contribution >= 0.6 is 0 Å². The van der Waals surface area contributed by atoms with Gasteiger partial charge in [0.05, 0.1) is 12.5 Å². The number of aryl methyl sites for hydroxylation is 1. The Morgan fingerprint density at radius 1 is 1.09 bits per heavy atom. The van der Waals surface area contributed by atoms with E-state index in [0.29, 0.717) is 13.0 Å². The first-order valence-electron chi connectivity index (χ1n) is 7.76. The molecule has 0 amide bonds. The number of benzene rings is 1. The van der Waals surface area contributed by atoms with Gasteiger partial charge in [0.15, 0.2) is 0 Å². The van der Waals surface area contributed by atoms with Crippen LogP contribution in [0.3, 0.4) is 0 Å². The van der Waals surface area contributed by atoms with Crippen LogP contribution in [0.5, 0.6) is 0 Å². The zero-order chi connectivity index (χ0) is 16.9. The Labute approximate surface area is 137 Å². The summed E-state index contributed by atoms with van der Waals surface area (Å²) in [6, 6.07) is 14.0. The SMILES string of the molecule is CC(C)(C)c1ccc(/C=C/c2ccn(CCC#N)c(=O)c2)cc1. The zero-order valence-electron chi connectivity index (χ0n) is 13.9. The minimum atomic E-state index is -0.0783. The lowest BCUT2D eigenvalue weighted by atomic mass is 9.87. The van der Waals surface area contributed by atoms with Crippen molar-refractivity contribution in [3.63, 3.8) is 0 Å². The van der Waals surface area contributed by atoms with Gasteiger partial charge in [0.2, 0.25) is 0 Å². The molecule has 2 aromatic rings. The summed E-state index contributed by atoms with van der Waals surface area (Å²) in [5, 5.41) is 8.58. The van der Waals surface area contributed by atoms with Crippen LogP contribution in [-0.2, 0) is 12.0 Å². The van der Waals surface area contributed by atoms with Gasteiger partial charge in [-0.15, -0.1) is 0 Å². The van der Waals surface area contributed by atoms with Crippen molar-refractivity contribution < 1.29 is 0 Å². The van der Waals surface area contributed by atoms with Gasteiger partial charge in [0, 0.05) is 18.8 Å². The molecule has 0 saturated heterocycles. The summed E-state index contributed by atoms with van der Waals surface area (Å²) in [7, 11) is 0. The highest BCUT2D eigenvalue weighted by Crippen LogP contribution is 2.22. The van der Waals surface area contributed by atoms with Gasteiger partial charge in [-0.25, -0.2) is 0 Å². The van der Waals surface area contributed by atoms with E-state index in [-0.39, 0.29) is 11.0 Å². The van der Waals surface area contributed by atoms with Gasteiger partial charge in [-0.3, -0.25) is 4.79 Å². The van der Waals surface area contributed by atoms with Crippen LogP contribution in [0.15, 0.2) is 47.4 Å². The summed E-state index contributed by atoms with van der Waals surface area (Å²) in [6.07, 6.45) is 6.01. The second kappa shape index (κ2) is 7.11. The molecule has 0 aliphatic heterocycles. The summed E-state index contributed by atoms with van der Waals surface area (Å²) in [5.74, 6) is 0. The van der Waals surface area contributed by atoms with Crippen molar-refractivity contribution in [2.75, 3.05) is 0 Å². The molecule has 3 nitrogen and oxygen atoms in total. The topological polar surface area (TPSA) is 45.8 Å². The quantitative estimate of drug-likeness (QED) is 0.848. The second-order valence-electron chi connectivity index (χ2n) is 6.61. The zero-order valence-corrected chi connectivity index (χ0v) is 13.9. The lowest BCUT2D eigenvalue weighted by molar-refractivity contribution is 0.590. The van der Waals surface area contributed by atoms with Gasteiger partial charge in [-0.1, -0.05) is 57.2 Å². The molecule has 0 N–H and O–H groups in total. The van der Waals surface area contributed by atoms with Crippen LogP contribution in [-0.4, -0.2) is 4.57 Å². The van der Waals surface area contributed by atoms with Crippen molar-refractivity contribution in [2.24, 2.45) is 0 Å². The highest BCUT2D eigenvalue weighted by Gasteiger charge is 2.12. The molecule has 0 aliphatic carbocycles. The molecular weight excluding hydrogens is 284 g/mol. The monoisotopic (exact) mass is 306 g/mol. The summed E-state index contributed by atoms with van der Waals surface area (Å²) < 4.78 is 1.55. The van der Waals surface area contributed by atoms with Crippen LogP contribution in [0.25, 0.3) is 12.2 Å². The van der Waals surface area contributed by atoms with Crippen LogP contribution < -0.4 is 5.56 Å². The molecule has 0 atom stereocenters. The smallest absolute Gasteiger partial charge is 0.251 e. The van der Waals surface area contributed by atoms with E-state index < -0.39 is 0 Å². The van der Waals surface area contributed by atoms with Gasteiger partial charge in [-0.05, 0) is 28.2 Å². The Hall–Kier alpha value is -2.60. The number of pyridine rings is 1. The molecule has 0 unspecified atom stereocenters. The molecular formula is C20H22N2O. The second-order valence-corrected chi connectivity index (χ2v) is 6.61. The number of nitriles is 1. The fraction of sp³-hybridized carbons (Fsp3) is 0.300. The highest BCUT2D eigenvalue weighted by molar-refractivity contribution is 5.69. The molecule has 0 aliphatic rings. The molecule has 0 radical (unpaired) electrons. The standard InChI is InChI=1S/C20H22N2O/c1-20(2,3)18-9-7-16(8-10-18)5-6-17-11-14-22(13-4-12-21)19(23)15-17/h5-11,14-15H,4,13H2,1-3H3/b6-5+. The molecule has 1 aromatic carbocycles. The van der Waals surface area contributed by atoms with Crippen LogP contribution in [0.4, 0.5) is 0 Å². The third-order valence-corrected chi connectivity index (χ3v) is 3.73. The minimum absolute atomic E-state index is 0.0783. The van der Waals surface area contributed by atoms with Crippen molar-refractivity contribution >= 4 is 12.2 Å². The Kier molecular flexibility index (Phi) is 5.18. The molecule has 0 spiro atoms. The number of rotatable bonds is 4. The van der Waals surface area contributed by atoms with Crippen molar-refractivity contribution in [3.8, 4) is 6.07 Å². The molecule has 0 fully saturated rings. The Morgan fingerprint density at radius 2 is 1.74 bits per heavy atom. The average Bonchev–Trinajstić information content (AvgIpc) is 2.51. The van der Waals surface area contributed by atoms with Crippen LogP contribution in [0, 0.1) is 11.3 Å². The fourth-order valence-corrected chi connectivity index (χ4v) is 2.27. The summed E-state index contributed by atoms with van der Waals surface area (Å²) in [6.45, 7) is 7.02. The van der Waals surface area contributed by atoms with Gasteiger partial charge in [-0.2, -0.15) is 5.26 Å². The first-order chi connectivity index (χ1) is 10.9. The molecule has 3 heteroatoms. The first kappa shape index (κ1) is 16.8. The molecule has 0 saturated carbocycles. The summed E-state index contributed by atoms with van der Waals surface area (Å²) in [4.78, 5) is 11.9. The fourth-order valence-electron chi connectivity index (χ4n) is 2.27. The molecule has 23 heavy (non-hydrogen) atoms. The van der Waals surface area contributed by atoms with E-state index in [0.717, 1.165) is 11.1 Å². The molecule has 0 bridgehead atoms. The number of nitrogens with zero attached hydrogens (tertiary/aromatic N) is 2. The Balaban J connectivity index is 2.13. The van der Waals surface area contributed by atoms with E-state index in [9.17, 15) is 4.79 Å². The van der Waals surface area contributed by atoms with Crippen molar-refractivity contribution in [2.45, 2.75) is 39.2 Å². The molecule has 1 heterocycles. The maximum Gasteiger partial charge on any atom is 0.251 e. The molecule has 1 aromatic heterocycles. The van der Waals surface area contributed by atoms with Gasteiger partial charge in [0.1, 0.15) is 0 Å². The minimum Gasteiger partial charge on any atom is -0.314 e. The summed E-state index contributed by atoms with van der Waals surface area (Å²) in [5.41, 5.74) is 3.34. The van der Waals surface area contributed by atoms with E-state index in [2.05, 4.69) is 45.0 Å². The van der Waals surface area contributed by atoms with E-state index in [1.807, 2.05) is 24.3 Å². The lowest BCUT2D eigenvalue weighted by Gasteiger charge is -2.18. The summed E-state index contributed by atoms with van der Waals surface area (Å²) >= 11 is 0. The Bertz CT molecular complexity index is 784. The third-order valence-electron chi connectivity index (χ3n) is 3.73. The van der Waals surface area contributed by atoms with Crippen LogP contribution in [0.1, 0.15) is 43.9 Å². The number of hydrogen-bond acceptors (Lipinski definition) is 2. The molecule has 2 rings (SSSR count). The van der Waals surface area contributed by atoms with E-state index in [1.165, 1.54) is 5.56 Å². The predicted octanol–water partition coefficient (Wildman–Crippen LogP) is 4.23. The van der Waals surface area contributed by atoms with Crippen molar-refractivity contribution in [1.29, 1.82) is 5.26 Å². The average molecular weight is 306 g/mol. The number of aromatic nitrogens is 1. The predicted molar refractivity (Wildman–Crippen MR) is 95.0 cm³/mol. The lowest BCUT2D eigenvalue weighted by Crippen LogP contribution is -2.18.